The van der Waals surface area contributed by atoms with Gasteiger partial charge in [-0.05, 0) is 164 Å². The Morgan fingerprint density at radius 2 is 0.854 bits per heavy atom. The zero-order chi connectivity index (χ0) is 35.0. The van der Waals surface area contributed by atoms with Gasteiger partial charge in [-0.25, -0.2) is 0 Å². The summed E-state index contributed by atoms with van der Waals surface area (Å²) in [7, 11) is 0. The van der Waals surface area contributed by atoms with Crippen LogP contribution in [0.15, 0.2) is 103 Å². The molecule has 0 saturated heterocycles. The highest BCUT2D eigenvalue weighted by Crippen LogP contribution is 2.47. The van der Waals surface area contributed by atoms with Gasteiger partial charge in [-0.3, -0.25) is 0 Å². The van der Waals surface area contributed by atoms with E-state index < -0.39 is 0 Å². The van der Waals surface area contributed by atoms with E-state index in [2.05, 4.69) is 196 Å². The molecule has 1 unspecified atom stereocenters. The first-order valence-corrected chi connectivity index (χ1v) is 17.5. The van der Waals surface area contributed by atoms with Crippen LogP contribution in [0.25, 0.3) is 0 Å². The van der Waals surface area contributed by atoms with Crippen LogP contribution in [0.4, 0.5) is 34.1 Å². The van der Waals surface area contributed by atoms with Gasteiger partial charge in [0, 0.05) is 34.1 Å². The Morgan fingerprint density at radius 1 is 0.458 bits per heavy atom. The summed E-state index contributed by atoms with van der Waals surface area (Å²) in [4.78, 5) is 4.86. The lowest BCUT2D eigenvalue weighted by Crippen LogP contribution is -2.24. The Kier molecular flexibility index (Phi) is 9.97. The number of benzene rings is 5. The molecular weight excluding hydrogens is 581 g/mol. The van der Waals surface area contributed by atoms with E-state index in [0.717, 1.165) is 6.42 Å². The first kappa shape index (κ1) is 35.0. The smallest absolute Gasteiger partial charge is 0.0494 e. The third-order valence-electron chi connectivity index (χ3n) is 9.52. The highest BCUT2D eigenvalue weighted by Gasteiger charge is 2.32. The molecule has 0 aromatic heterocycles. The SMILES string of the molecule is Cc1cccc(N(c2cccc(C)c2)c2cc(C)c(N(c3cccc(C)c3)c3ccc(C(CC(C)(C)C)C(C)(C)C)c(C)c3)cc2C)c1. The van der Waals surface area contributed by atoms with E-state index in [0.29, 0.717) is 5.92 Å². The summed E-state index contributed by atoms with van der Waals surface area (Å²) in [5.74, 6) is 0.469. The average molecular weight is 637 g/mol. The monoisotopic (exact) mass is 636 g/mol. The predicted molar refractivity (Wildman–Crippen MR) is 210 cm³/mol. The Morgan fingerprint density at radius 3 is 1.19 bits per heavy atom. The van der Waals surface area contributed by atoms with E-state index >= 15 is 0 Å². The van der Waals surface area contributed by atoms with Crippen LogP contribution in [0.5, 0.6) is 0 Å². The predicted octanol–water partition coefficient (Wildman–Crippen LogP) is 14.0. The van der Waals surface area contributed by atoms with Gasteiger partial charge in [0.2, 0.25) is 0 Å². The van der Waals surface area contributed by atoms with Crippen LogP contribution >= 0.6 is 0 Å². The van der Waals surface area contributed by atoms with Crippen molar-refractivity contribution >= 4 is 34.1 Å². The Hall–Kier alpha value is -4.30. The molecule has 5 rings (SSSR count). The lowest BCUT2D eigenvalue weighted by molar-refractivity contribution is 0.228. The van der Waals surface area contributed by atoms with Crippen LogP contribution in [0.2, 0.25) is 0 Å². The molecular formula is C46H56N2. The third kappa shape index (κ3) is 7.87. The standard InChI is InChI=1S/C46H56N2/c1-31-16-13-19-37(24-31)47(38-20-14-17-32(2)25-38)43-28-36(6)44(29-35(43)5)48(39-21-15-18-33(3)26-39)40-22-23-41(34(4)27-40)42(46(10,11)12)30-45(7,8)9/h13-29,42H,30H2,1-12H3. The second kappa shape index (κ2) is 13.7. The van der Waals surface area contributed by atoms with Gasteiger partial charge in [0.05, 0.1) is 0 Å². The highest BCUT2D eigenvalue weighted by molar-refractivity contribution is 5.85. The second-order valence-corrected chi connectivity index (χ2v) is 16.3. The summed E-state index contributed by atoms with van der Waals surface area (Å²) < 4.78 is 0. The maximum Gasteiger partial charge on any atom is 0.0494 e. The van der Waals surface area contributed by atoms with Crippen LogP contribution in [0.3, 0.4) is 0 Å². The molecule has 0 radical (unpaired) electrons. The molecule has 0 aliphatic rings. The number of anilines is 6. The van der Waals surface area contributed by atoms with Crippen LogP contribution in [-0.4, -0.2) is 0 Å². The van der Waals surface area contributed by atoms with Crippen molar-refractivity contribution in [2.24, 2.45) is 10.8 Å². The summed E-state index contributed by atoms with van der Waals surface area (Å²) >= 11 is 0. The van der Waals surface area contributed by atoms with E-state index in [1.165, 1.54) is 73.1 Å². The molecule has 0 spiro atoms. The number of rotatable bonds is 8. The first-order chi connectivity index (χ1) is 22.5. The third-order valence-corrected chi connectivity index (χ3v) is 9.52. The molecule has 0 amide bonds. The minimum absolute atomic E-state index is 0.166. The van der Waals surface area contributed by atoms with Crippen molar-refractivity contribution in [1.82, 2.24) is 0 Å². The lowest BCUT2D eigenvalue weighted by Gasteiger charge is -2.37. The average Bonchev–Trinajstić information content (AvgIpc) is 2.98. The van der Waals surface area contributed by atoms with Crippen molar-refractivity contribution in [2.75, 3.05) is 9.80 Å². The normalized spacial score (nSPS) is 12.6. The molecule has 0 bridgehead atoms. The van der Waals surface area contributed by atoms with Crippen molar-refractivity contribution in [3.8, 4) is 0 Å². The topological polar surface area (TPSA) is 6.48 Å². The van der Waals surface area contributed by atoms with Crippen LogP contribution in [0, 0.1) is 52.4 Å². The molecule has 0 aliphatic carbocycles. The van der Waals surface area contributed by atoms with E-state index in [9.17, 15) is 0 Å². The summed E-state index contributed by atoms with van der Waals surface area (Å²) in [6.07, 6.45) is 1.15. The summed E-state index contributed by atoms with van der Waals surface area (Å²) in [6.45, 7) is 27.6. The quantitative estimate of drug-likeness (QED) is 0.167. The minimum Gasteiger partial charge on any atom is -0.310 e. The van der Waals surface area contributed by atoms with Gasteiger partial charge in [-0.2, -0.15) is 0 Å². The zero-order valence-corrected chi connectivity index (χ0v) is 31.5. The van der Waals surface area contributed by atoms with Crippen LogP contribution in [0.1, 0.15) is 92.8 Å². The lowest BCUT2D eigenvalue weighted by atomic mass is 9.68. The molecule has 250 valence electrons. The fourth-order valence-corrected chi connectivity index (χ4v) is 7.11. The molecule has 0 fully saturated rings. The second-order valence-electron chi connectivity index (χ2n) is 16.3. The van der Waals surface area contributed by atoms with Crippen molar-refractivity contribution < 1.29 is 0 Å². The Labute approximate surface area is 291 Å². The highest BCUT2D eigenvalue weighted by atomic mass is 15.2. The largest absolute Gasteiger partial charge is 0.310 e. The van der Waals surface area contributed by atoms with Crippen LogP contribution < -0.4 is 9.80 Å². The van der Waals surface area contributed by atoms with Gasteiger partial charge in [0.15, 0.2) is 0 Å². The summed E-state index contributed by atoms with van der Waals surface area (Å²) in [5.41, 5.74) is 16.5. The van der Waals surface area contributed by atoms with Gasteiger partial charge >= 0.3 is 0 Å². The molecule has 2 heteroatoms. The van der Waals surface area contributed by atoms with Gasteiger partial charge in [0.25, 0.3) is 0 Å². The van der Waals surface area contributed by atoms with E-state index in [1.54, 1.807) is 0 Å². The number of hydrogen-bond donors (Lipinski definition) is 0. The first-order valence-electron chi connectivity index (χ1n) is 17.5. The molecule has 0 N–H and O–H groups in total. The molecule has 0 heterocycles. The van der Waals surface area contributed by atoms with E-state index in [1.807, 2.05) is 0 Å². The summed E-state index contributed by atoms with van der Waals surface area (Å²) in [5, 5.41) is 0. The molecule has 5 aromatic rings. The van der Waals surface area contributed by atoms with Gasteiger partial charge < -0.3 is 9.80 Å². The molecule has 48 heavy (non-hydrogen) atoms. The van der Waals surface area contributed by atoms with Gasteiger partial charge in [-0.1, -0.05) is 84.0 Å². The Bertz CT molecular complexity index is 1850. The van der Waals surface area contributed by atoms with Crippen LogP contribution in [-0.2, 0) is 0 Å². The number of aryl methyl sites for hydroxylation is 6. The number of nitrogens with zero attached hydrogens (tertiary/aromatic N) is 2. The van der Waals surface area contributed by atoms with E-state index in [-0.39, 0.29) is 10.8 Å². The summed E-state index contributed by atoms with van der Waals surface area (Å²) in [6, 6.07) is 38.4. The molecule has 0 saturated carbocycles. The van der Waals surface area contributed by atoms with Crippen molar-refractivity contribution in [1.29, 1.82) is 0 Å². The molecule has 0 aliphatic heterocycles. The zero-order valence-electron chi connectivity index (χ0n) is 31.5. The molecule has 5 aromatic carbocycles. The van der Waals surface area contributed by atoms with E-state index in [4.69, 9.17) is 0 Å². The minimum atomic E-state index is 0.166. The number of hydrogen-bond acceptors (Lipinski definition) is 2. The fraction of sp³-hybridized carbons (Fsp3) is 0.348. The molecule has 1 atom stereocenters. The van der Waals surface area contributed by atoms with Gasteiger partial charge in [0.1, 0.15) is 0 Å². The molecule has 2 nitrogen and oxygen atoms in total. The fourth-order valence-electron chi connectivity index (χ4n) is 7.11. The van der Waals surface area contributed by atoms with Crippen molar-refractivity contribution in [2.45, 2.75) is 95.4 Å². The Balaban J connectivity index is 1.67. The van der Waals surface area contributed by atoms with Crippen molar-refractivity contribution in [3.05, 3.63) is 142 Å². The van der Waals surface area contributed by atoms with Crippen molar-refractivity contribution in [3.63, 3.8) is 0 Å². The maximum atomic E-state index is 2.45. The maximum absolute atomic E-state index is 2.45. The van der Waals surface area contributed by atoms with Gasteiger partial charge in [-0.15, -0.1) is 0 Å².